The second-order valence-electron chi connectivity index (χ2n) is 4.53. The van der Waals surface area contributed by atoms with Crippen LogP contribution >= 0.6 is 0 Å². The molecule has 0 aliphatic rings. The van der Waals surface area contributed by atoms with Crippen molar-refractivity contribution in [3.05, 3.63) is 59.4 Å². The highest BCUT2D eigenvalue weighted by Crippen LogP contribution is 2.19. The van der Waals surface area contributed by atoms with Crippen LogP contribution < -0.4 is 15.4 Å². The maximum Gasteiger partial charge on any atom is 0.255 e. The summed E-state index contributed by atoms with van der Waals surface area (Å²) in [5.74, 6) is -0.757. The Morgan fingerprint density at radius 2 is 1.90 bits per heavy atom. The smallest absolute Gasteiger partial charge is 0.255 e. The quantitative estimate of drug-likeness (QED) is 0.889. The van der Waals surface area contributed by atoms with Gasteiger partial charge < -0.3 is 15.4 Å². The van der Waals surface area contributed by atoms with Crippen LogP contribution in [-0.2, 0) is 6.54 Å². The third-order valence-electron chi connectivity index (χ3n) is 3.01. The van der Waals surface area contributed by atoms with Crippen LogP contribution in [-0.4, -0.2) is 20.1 Å². The molecule has 0 fully saturated rings. The molecule has 5 heteroatoms. The van der Waals surface area contributed by atoms with Crippen molar-refractivity contribution in [2.24, 2.45) is 0 Å². The SMILES string of the molecule is CNCc1ccc(NC(=O)c2ccc(F)c(OC)c2)cc1. The van der Waals surface area contributed by atoms with Crippen molar-refractivity contribution in [1.82, 2.24) is 5.32 Å². The number of carbonyl (C=O) groups excluding carboxylic acids is 1. The maximum absolute atomic E-state index is 13.3. The van der Waals surface area contributed by atoms with Gasteiger partial charge in [0.2, 0.25) is 0 Å². The zero-order chi connectivity index (χ0) is 15.2. The van der Waals surface area contributed by atoms with E-state index in [9.17, 15) is 9.18 Å². The molecule has 21 heavy (non-hydrogen) atoms. The lowest BCUT2D eigenvalue weighted by atomic mass is 10.1. The molecule has 0 saturated carbocycles. The summed E-state index contributed by atoms with van der Waals surface area (Å²) in [6.07, 6.45) is 0. The summed E-state index contributed by atoms with van der Waals surface area (Å²) in [7, 11) is 3.23. The molecule has 4 nitrogen and oxygen atoms in total. The molecule has 2 N–H and O–H groups in total. The van der Waals surface area contributed by atoms with Gasteiger partial charge >= 0.3 is 0 Å². The Balaban J connectivity index is 2.10. The van der Waals surface area contributed by atoms with Crippen LogP contribution in [0.1, 0.15) is 15.9 Å². The number of ether oxygens (including phenoxy) is 1. The normalized spacial score (nSPS) is 10.2. The third kappa shape index (κ3) is 3.79. The Bertz CT molecular complexity index is 627. The first-order valence-electron chi connectivity index (χ1n) is 6.52. The van der Waals surface area contributed by atoms with Gasteiger partial charge in [-0.1, -0.05) is 12.1 Å². The van der Waals surface area contributed by atoms with Gasteiger partial charge in [0.15, 0.2) is 11.6 Å². The van der Waals surface area contributed by atoms with E-state index in [2.05, 4.69) is 10.6 Å². The van der Waals surface area contributed by atoms with E-state index in [1.54, 1.807) is 0 Å². The van der Waals surface area contributed by atoms with Crippen LogP contribution in [0.3, 0.4) is 0 Å². The number of rotatable bonds is 5. The zero-order valence-corrected chi connectivity index (χ0v) is 11.9. The van der Waals surface area contributed by atoms with E-state index in [0.29, 0.717) is 11.3 Å². The molecule has 0 unspecified atom stereocenters. The Labute approximate surface area is 122 Å². The standard InChI is InChI=1S/C16H17FN2O2/c1-18-10-11-3-6-13(7-4-11)19-16(20)12-5-8-14(17)15(9-12)21-2/h3-9,18H,10H2,1-2H3,(H,19,20). The van der Waals surface area contributed by atoms with E-state index in [4.69, 9.17) is 4.74 Å². The minimum absolute atomic E-state index is 0.0482. The molecule has 0 heterocycles. The van der Waals surface area contributed by atoms with Crippen LogP contribution in [0.25, 0.3) is 0 Å². The third-order valence-corrected chi connectivity index (χ3v) is 3.01. The molecule has 0 atom stereocenters. The predicted octanol–water partition coefficient (Wildman–Crippen LogP) is 2.81. The number of methoxy groups -OCH3 is 1. The molecule has 0 aromatic heterocycles. The van der Waals surface area contributed by atoms with E-state index >= 15 is 0 Å². The average Bonchev–Trinajstić information content (AvgIpc) is 2.50. The summed E-state index contributed by atoms with van der Waals surface area (Å²) in [6.45, 7) is 0.767. The summed E-state index contributed by atoms with van der Waals surface area (Å²) in [4.78, 5) is 12.1. The Morgan fingerprint density at radius 3 is 2.52 bits per heavy atom. The van der Waals surface area contributed by atoms with E-state index in [0.717, 1.165) is 12.1 Å². The van der Waals surface area contributed by atoms with Crippen molar-refractivity contribution >= 4 is 11.6 Å². The van der Waals surface area contributed by atoms with E-state index in [1.165, 1.54) is 25.3 Å². The van der Waals surface area contributed by atoms with Crippen LogP contribution in [0.2, 0.25) is 0 Å². The van der Waals surface area contributed by atoms with Gasteiger partial charge in [0.1, 0.15) is 0 Å². The number of anilines is 1. The lowest BCUT2D eigenvalue weighted by Gasteiger charge is -2.08. The number of benzene rings is 2. The Hall–Kier alpha value is -2.40. The predicted molar refractivity (Wildman–Crippen MR) is 80.1 cm³/mol. The van der Waals surface area contributed by atoms with Gasteiger partial charge in [-0.3, -0.25) is 4.79 Å². The fraction of sp³-hybridized carbons (Fsp3) is 0.188. The van der Waals surface area contributed by atoms with Crippen molar-refractivity contribution in [3.8, 4) is 5.75 Å². The van der Waals surface area contributed by atoms with Crippen LogP contribution in [0, 0.1) is 5.82 Å². The number of halogens is 1. The molecule has 2 rings (SSSR count). The molecule has 0 bridgehead atoms. The summed E-state index contributed by atoms with van der Waals surface area (Å²) in [6, 6.07) is 11.5. The zero-order valence-electron chi connectivity index (χ0n) is 11.9. The van der Waals surface area contributed by atoms with Gasteiger partial charge in [0.05, 0.1) is 7.11 Å². The average molecular weight is 288 g/mol. The molecule has 0 aliphatic heterocycles. The fourth-order valence-electron chi connectivity index (χ4n) is 1.91. The van der Waals surface area contributed by atoms with Gasteiger partial charge in [-0.05, 0) is 42.9 Å². The lowest BCUT2D eigenvalue weighted by molar-refractivity contribution is 0.102. The number of carbonyl (C=O) groups is 1. The Kier molecular flexibility index (Phi) is 4.90. The number of nitrogens with one attached hydrogen (secondary N) is 2. The van der Waals surface area contributed by atoms with Crippen molar-refractivity contribution in [2.45, 2.75) is 6.54 Å². The second-order valence-corrected chi connectivity index (χ2v) is 4.53. The van der Waals surface area contributed by atoms with Crippen LogP contribution in [0.4, 0.5) is 10.1 Å². The molecular weight excluding hydrogens is 271 g/mol. The first-order chi connectivity index (χ1) is 10.1. The van der Waals surface area contributed by atoms with Crippen molar-refractivity contribution in [3.63, 3.8) is 0 Å². The van der Waals surface area contributed by atoms with Crippen molar-refractivity contribution in [1.29, 1.82) is 0 Å². The number of hydrogen-bond donors (Lipinski definition) is 2. The summed E-state index contributed by atoms with van der Waals surface area (Å²) in [5.41, 5.74) is 2.15. The molecule has 0 aliphatic carbocycles. The summed E-state index contributed by atoms with van der Waals surface area (Å²) >= 11 is 0. The van der Waals surface area contributed by atoms with Gasteiger partial charge in [-0.25, -0.2) is 4.39 Å². The summed E-state index contributed by atoms with van der Waals surface area (Å²) < 4.78 is 18.2. The first-order valence-corrected chi connectivity index (χ1v) is 6.52. The maximum atomic E-state index is 13.3. The molecule has 2 aromatic rings. The van der Waals surface area contributed by atoms with Crippen molar-refractivity contribution in [2.75, 3.05) is 19.5 Å². The molecule has 1 amide bonds. The van der Waals surface area contributed by atoms with Crippen molar-refractivity contribution < 1.29 is 13.9 Å². The van der Waals surface area contributed by atoms with E-state index in [-0.39, 0.29) is 11.7 Å². The van der Waals surface area contributed by atoms with Crippen LogP contribution in [0.15, 0.2) is 42.5 Å². The van der Waals surface area contributed by atoms with Gasteiger partial charge in [0, 0.05) is 17.8 Å². The highest BCUT2D eigenvalue weighted by atomic mass is 19.1. The minimum atomic E-state index is -0.495. The molecular formula is C16H17FN2O2. The van der Waals surface area contributed by atoms with Gasteiger partial charge in [-0.15, -0.1) is 0 Å². The highest BCUT2D eigenvalue weighted by molar-refractivity contribution is 6.04. The van der Waals surface area contributed by atoms with E-state index < -0.39 is 5.82 Å². The second kappa shape index (κ2) is 6.85. The largest absolute Gasteiger partial charge is 0.494 e. The fourth-order valence-corrected chi connectivity index (χ4v) is 1.91. The van der Waals surface area contributed by atoms with Gasteiger partial charge in [0.25, 0.3) is 5.91 Å². The molecule has 0 saturated heterocycles. The molecule has 0 radical (unpaired) electrons. The first kappa shape index (κ1) is 15.0. The molecule has 110 valence electrons. The van der Waals surface area contributed by atoms with E-state index in [1.807, 2.05) is 31.3 Å². The Morgan fingerprint density at radius 1 is 1.19 bits per heavy atom. The summed E-state index contributed by atoms with van der Waals surface area (Å²) in [5, 5.41) is 5.81. The minimum Gasteiger partial charge on any atom is -0.494 e. The molecule has 2 aromatic carbocycles. The lowest BCUT2D eigenvalue weighted by Crippen LogP contribution is -2.12. The monoisotopic (exact) mass is 288 g/mol. The highest BCUT2D eigenvalue weighted by Gasteiger charge is 2.10. The van der Waals surface area contributed by atoms with Crippen LogP contribution in [0.5, 0.6) is 5.75 Å². The topological polar surface area (TPSA) is 50.4 Å². The van der Waals surface area contributed by atoms with Gasteiger partial charge in [-0.2, -0.15) is 0 Å². The number of hydrogen-bond acceptors (Lipinski definition) is 3. The number of amides is 1. The molecule has 0 spiro atoms.